The molecular formula is C13H17ClN2O4. The zero-order valence-corrected chi connectivity index (χ0v) is 12.3. The van der Waals surface area contributed by atoms with E-state index in [9.17, 15) is 14.4 Å². The van der Waals surface area contributed by atoms with Crippen LogP contribution in [0.1, 0.15) is 27.2 Å². The number of carboxylic acid groups (broad SMARTS) is 1. The molecule has 1 unspecified atom stereocenters. The first kappa shape index (κ1) is 16.2. The molecule has 1 heterocycles. The molecule has 20 heavy (non-hydrogen) atoms. The molecule has 1 aromatic heterocycles. The predicted molar refractivity (Wildman–Crippen MR) is 74.9 cm³/mol. The first-order chi connectivity index (χ1) is 9.20. The third-order valence-corrected chi connectivity index (χ3v) is 3.27. The van der Waals surface area contributed by atoms with Gasteiger partial charge in [-0.1, -0.05) is 18.5 Å². The van der Waals surface area contributed by atoms with Crippen LogP contribution in [-0.2, 0) is 15.1 Å². The Morgan fingerprint density at radius 1 is 1.45 bits per heavy atom. The highest BCUT2D eigenvalue weighted by atomic mass is 35.5. The van der Waals surface area contributed by atoms with E-state index < -0.39 is 29.0 Å². The maximum absolute atomic E-state index is 12.2. The molecule has 0 radical (unpaired) electrons. The van der Waals surface area contributed by atoms with Crippen molar-refractivity contribution in [3.63, 3.8) is 0 Å². The molecule has 0 bridgehead atoms. The largest absolute Gasteiger partial charge is 0.480 e. The predicted octanol–water partition coefficient (Wildman–Crippen LogP) is 1.22. The molecule has 0 fully saturated rings. The summed E-state index contributed by atoms with van der Waals surface area (Å²) in [6.07, 6.45) is 1.60. The first-order valence-corrected chi connectivity index (χ1v) is 6.50. The average molecular weight is 301 g/mol. The monoisotopic (exact) mass is 300 g/mol. The minimum Gasteiger partial charge on any atom is -0.480 e. The number of nitrogens with one attached hydrogen (secondary N) is 1. The van der Waals surface area contributed by atoms with Gasteiger partial charge in [-0.05, 0) is 26.3 Å². The van der Waals surface area contributed by atoms with Crippen LogP contribution in [-0.4, -0.2) is 27.6 Å². The molecule has 2 N–H and O–H groups in total. The van der Waals surface area contributed by atoms with Crippen LogP contribution in [0.25, 0.3) is 0 Å². The van der Waals surface area contributed by atoms with Gasteiger partial charge >= 0.3 is 5.97 Å². The van der Waals surface area contributed by atoms with Crippen molar-refractivity contribution in [2.45, 2.75) is 38.8 Å². The molecule has 0 saturated carbocycles. The molecule has 0 saturated heterocycles. The van der Waals surface area contributed by atoms with Crippen molar-refractivity contribution in [1.82, 2.24) is 9.88 Å². The van der Waals surface area contributed by atoms with Gasteiger partial charge in [-0.25, -0.2) is 4.79 Å². The van der Waals surface area contributed by atoms with Crippen molar-refractivity contribution in [2.24, 2.45) is 0 Å². The highest BCUT2D eigenvalue weighted by Crippen LogP contribution is 2.16. The lowest BCUT2D eigenvalue weighted by Crippen LogP contribution is -2.52. The van der Waals surface area contributed by atoms with Gasteiger partial charge in [0.05, 0.1) is 5.02 Å². The van der Waals surface area contributed by atoms with Gasteiger partial charge in [0.25, 0.3) is 5.56 Å². The van der Waals surface area contributed by atoms with E-state index >= 15 is 0 Å². The molecule has 6 nitrogen and oxygen atoms in total. The summed E-state index contributed by atoms with van der Waals surface area (Å²) in [7, 11) is 0. The molecule has 1 rings (SSSR count). The summed E-state index contributed by atoms with van der Waals surface area (Å²) in [6.45, 7) is 4.70. The molecule has 0 aliphatic heterocycles. The zero-order chi connectivity index (χ0) is 15.5. The summed E-state index contributed by atoms with van der Waals surface area (Å²) < 4.78 is 1.18. The highest BCUT2D eigenvalue weighted by molar-refractivity contribution is 6.30. The van der Waals surface area contributed by atoms with Crippen molar-refractivity contribution < 1.29 is 14.7 Å². The van der Waals surface area contributed by atoms with E-state index in [1.165, 1.54) is 36.7 Å². The van der Waals surface area contributed by atoms with Crippen LogP contribution >= 0.6 is 11.6 Å². The van der Waals surface area contributed by atoms with Crippen LogP contribution in [0.3, 0.4) is 0 Å². The van der Waals surface area contributed by atoms with Crippen LogP contribution in [0, 0.1) is 0 Å². The Morgan fingerprint density at radius 3 is 2.55 bits per heavy atom. The van der Waals surface area contributed by atoms with Gasteiger partial charge in [-0.15, -0.1) is 0 Å². The molecule has 110 valence electrons. The molecule has 1 aromatic rings. The summed E-state index contributed by atoms with van der Waals surface area (Å²) in [4.78, 5) is 35.0. The molecule has 0 aromatic carbocycles. The second-order valence-corrected chi connectivity index (χ2v) is 5.32. The second-order valence-electron chi connectivity index (χ2n) is 4.89. The quantitative estimate of drug-likeness (QED) is 0.855. The summed E-state index contributed by atoms with van der Waals surface area (Å²) in [5, 5.41) is 11.7. The zero-order valence-electron chi connectivity index (χ0n) is 11.5. The van der Waals surface area contributed by atoms with Gasteiger partial charge in [0, 0.05) is 12.3 Å². The Labute approximate surface area is 121 Å². The lowest BCUT2D eigenvalue weighted by atomic mass is 10.0. The molecule has 1 amide bonds. The minimum atomic E-state index is -1.25. The maximum atomic E-state index is 12.2. The number of aliphatic carboxylic acids is 1. The number of pyridine rings is 1. The summed E-state index contributed by atoms with van der Waals surface area (Å²) in [5.41, 5.74) is -1.64. The number of hydrogen-bond acceptors (Lipinski definition) is 3. The number of rotatable bonds is 5. The Morgan fingerprint density at radius 2 is 2.05 bits per heavy atom. The number of hydrogen-bond donors (Lipinski definition) is 2. The Balaban J connectivity index is 3.09. The van der Waals surface area contributed by atoms with Gasteiger partial charge in [0.2, 0.25) is 5.91 Å². The normalized spacial score (nSPS) is 12.8. The van der Waals surface area contributed by atoms with Gasteiger partial charge < -0.3 is 10.4 Å². The van der Waals surface area contributed by atoms with Crippen LogP contribution in [0.2, 0.25) is 5.02 Å². The van der Waals surface area contributed by atoms with Crippen molar-refractivity contribution >= 4 is 23.5 Å². The topological polar surface area (TPSA) is 88.4 Å². The van der Waals surface area contributed by atoms with E-state index in [1.807, 2.05) is 0 Å². The molecule has 0 aliphatic carbocycles. The standard InChI is InChI=1S/C13H17ClN2O4/c1-4-9(11(18)19)15-12(20)13(2,3)16-7-8(14)5-6-10(16)17/h5-7,9H,4H2,1-3H3,(H,15,20)(H,18,19). The van der Waals surface area contributed by atoms with E-state index in [0.717, 1.165) is 0 Å². The van der Waals surface area contributed by atoms with Crippen molar-refractivity contribution in [3.8, 4) is 0 Å². The van der Waals surface area contributed by atoms with Gasteiger partial charge in [0.15, 0.2) is 0 Å². The van der Waals surface area contributed by atoms with E-state index in [0.29, 0.717) is 5.02 Å². The number of amides is 1. The number of carboxylic acids is 1. The Bertz CT molecular complexity index is 580. The average Bonchev–Trinajstić information content (AvgIpc) is 2.37. The smallest absolute Gasteiger partial charge is 0.326 e. The lowest BCUT2D eigenvalue weighted by Gasteiger charge is -2.28. The van der Waals surface area contributed by atoms with Crippen molar-refractivity contribution in [2.75, 3.05) is 0 Å². The summed E-state index contributed by atoms with van der Waals surface area (Å²) in [6, 6.07) is 1.70. The highest BCUT2D eigenvalue weighted by Gasteiger charge is 2.33. The minimum absolute atomic E-state index is 0.252. The van der Waals surface area contributed by atoms with Crippen molar-refractivity contribution in [1.29, 1.82) is 0 Å². The van der Waals surface area contributed by atoms with Crippen LogP contribution in [0.4, 0.5) is 0 Å². The number of carbonyl (C=O) groups is 2. The van der Waals surface area contributed by atoms with Gasteiger partial charge in [0.1, 0.15) is 11.6 Å². The Kier molecular flexibility index (Phi) is 4.94. The van der Waals surface area contributed by atoms with Crippen LogP contribution in [0.15, 0.2) is 23.1 Å². The third kappa shape index (κ3) is 3.39. The molecular weight excluding hydrogens is 284 g/mol. The lowest BCUT2D eigenvalue weighted by molar-refractivity contribution is -0.143. The fourth-order valence-electron chi connectivity index (χ4n) is 1.68. The molecule has 0 spiro atoms. The first-order valence-electron chi connectivity index (χ1n) is 6.12. The van der Waals surface area contributed by atoms with E-state index in [-0.39, 0.29) is 6.42 Å². The van der Waals surface area contributed by atoms with E-state index in [2.05, 4.69) is 5.32 Å². The van der Waals surface area contributed by atoms with E-state index in [1.54, 1.807) is 6.92 Å². The number of nitrogens with zero attached hydrogens (tertiary/aromatic N) is 1. The SMILES string of the molecule is CCC(NC(=O)C(C)(C)n1cc(Cl)ccc1=O)C(=O)O. The molecule has 7 heteroatoms. The van der Waals surface area contributed by atoms with Gasteiger partial charge in [-0.3, -0.25) is 14.2 Å². The van der Waals surface area contributed by atoms with Crippen molar-refractivity contribution in [3.05, 3.63) is 33.7 Å². The molecule has 0 aliphatic rings. The fraction of sp³-hybridized carbons (Fsp3) is 0.462. The fourth-order valence-corrected chi connectivity index (χ4v) is 1.84. The number of halogens is 1. The number of carbonyl (C=O) groups excluding carboxylic acids is 1. The summed E-state index contributed by atoms with van der Waals surface area (Å²) >= 11 is 5.83. The van der Waals surface area contributed by atoms with Crippen LogP contribution < -0.4 is 10.9 Å². The summed E-state index contributed by atoms with van der Waals surface area (Å²) in [5.74, 6) is -1.67. The number of aromatic nitrogens is 1. The van der Waals surface area contributed by atoms with Gasteiger partial charge in [-0.2, -0.15) is 0 Å². The molecule has 1 atom stereocenters. The third-order valence-electron chi connectivity index (χ3n) is 3.04. The van der Waals surface area contributed by atoms with E-state index in [4.69, 9.17) is 16.7 Å². The Hall–Kier alpha value is -1.82. The maximum Gasteiger partial charge on any atom is 0.326 e. The second kappa shape index (κ2) is 6.09. The van der Waals surface area contributed by atoms with Crippen LogP contribution in [0.5, 0.6) is 0 Å².